The number of unbranched alkanes of at least 4 members (excludes halogenated alkanes) is 3. The Morgan fingerprint density at radius 3 is 2.43 bits per heavy atom. The van der Waals surface area contributed by atoms with Gasteiger partial charge in [0.05, 0.1) is 20.6 Å². The van der Waals surface area contributed by atoms with E-state index in [-0.39, 0.29) is 31.2 Å². The Kier molecular flexibility index (Phi) is 15.8. The van der Waals surface area contributed by atoms with Gasteiger partial charge in [0.2, 0.25) is 23.6 Å². The molecule has 2 heterocycles. The van der Waals surface area contributed by atoms with Crippen LogP contribution in [-0.2, 0) is 25.7 Å². The molecule has 44 heavy (non-hydrogen) atoms. The normalized spacial score (nSPS) is 12.5. The molecule has 5 N–H and O–H groups in total. The molecule has 2 atom stereocenters. The molecule has 2 aromatic rings. The molecule has 0 spiro atoms. The van der Waals surface area contributed by atoms with Crippen molar-refractivity contribution in [1.29, 1.82) is 0 Å². The average molecular weight is 613 g/mol. The number of H-pyrrole nitrogens is 1. The van der Waals surface area contributed by atoms with E-state index in [0.717, 1.165) is 25.8 Å². The van der Waals surface area contributed by atoms with Crippen molar-refractivity contribution in [3.63, 3.8) is 0 Å². The van der Waals surface area contributed by atoms with Gasteiger partial charge >= 0.3 is 5.69 Å². The van der Waals surface area contributed by atoms with E-state index in [0.29, 0.717) is 37.1 Å². The molecular weight excluding hydrogens is 567 g/mol. The topological polar surface area (TPSA) is 196 Å². The maximum atomic E-state index is 13.2. The number of aryl methyl sites for hydroxylation is 1. The number of nitrogens with zero attached hydrogens (tertiary/aromatic N) is 5. The zero-order chi connectivity index (χ0) is 32.5. The van der Waals surface area contributed by atoms with Gasteiger partial charge in [-0.2, -0.15) is 0 Å². The summed E-state index contributed by atoms with van der Waals surface area (Å²) in [5.41, 5.74) is 0.814. The highest BCUT2D eigenvalue weighted by Crippen LogP contribution is 2.13. The first kappa shape index (κ1) is 36.1. The molecular formula is C28H45BN10O5. The van der Waals surface area contributed by atoms with Gasteiger partial charge in [-0.3, -0.25) is 23.9 Å². The standard InChI is InChI=1S/C28H45BN10O5/c1-19(2)25(27(43)34-21(10-7-9-12-38(3)4)26(42)30-16-24(41)33-18-29)35-23(40)11-6-5-8-13-39-17-22(36-37-39)20-14-31-28(44)32-15-20/h14-15,17,19,21,25H,5-13,16,18H2,1-4H3,(H,30,42)(H,33,41)(H,34,43)(H,35,40)(H,31,32,44)/t21-,25-/m0/s1. The second kappa shape index (κ2) is 19.3. The van der Waals surface area contributed by atoms with Crippen molar-refractivity contribution in [2.75, 3.05) is 33.6 Å². The van der Waals surface area contributed by atoms with Gasteiger partial charge in [-0.25, -0.2) is 9.78 Å². The molecule has 0 aliphatic carbocycles. The van der Waals surface area contributed by atoms with Gasteiger partial charge in [-0.1, -0.05) is 25.5 Å². The van der Waals surface area contributed by atoms with Crippen LogP contribution in [0.3, 0.4) is 0 Å². The summed E-state index contributed by atoms with van der Waals surface area (Å²) in [5, 5.41) is 18.7. The molecule has 15 nitrogen and oxygen atoms in total. The Morgan fingerprint density at radius 2 is 1.77 bits per heavy atom. The van der Waals surface area contributed by atoms with Gasteiger partial charge in [0, 0.05) is 30.9 Å². The van der Waals surface area contributed by atoms with E-state index in [1.165, 1.54) is 12.4 Å². The number of carbonyl (C=O) groups excluding carboxylic acids is 4. The Balaban J connectivity index is 1.83. The molecule has 0 bridgehead atoms. The predicted molar refractivity (Wildman–Crippen MR) is 165 cm³/mol. The van der Waals surface area contributed by atoms with Crippen molar-refractivity contribution in [2.24, 2.45) is 5.92 Å². The molecule has 240 valence electrons. The fraction of sp³-hybridized carbons (Fsp3) is 0.643. The van der Waals surface area contributed by atoms with Crippen molar-refractivity contribution in [3.8, 4) is 11.3 Å². The molecule has 2 rings (SSSR count). The molecule has 2 radical (unpaired) electrons. The van der Waals surface area contributed by atoms with Crippen LogP contribution in [0, 0.1) is 5.92 Å². The number of aromatic amines is 1. The van der Waals surface area contributed by atoms with Gasteiger partial charge in [0.1, 0.15) is 17.8 Å². The zero-order valence-corrected chi connectivity index (χ0v) is 26.1. The summed E-state index contributed by atoms with van der Waals surface area (Å²) < 4.78 is 1.69. The highest BCUT2D eigenvalue weighted by molar-refractivity contribution is 6.10. The number of amides is 4. The Labute approximate surface area is 259 Å². The van der Waals surface area contributed by atoms with Crippen molar-refractivity contribution >= 4 is 31.5 Å². The third-order valence-corrected chi connectivity index (χ3v) is 6.77. The van der Waals surface area contributed by atoms with Crippen molar-refractivity contribution < 1.29 is 19.2 Å². The molecule has 2 aromatic heterocycles. The summed E-state index contributed by atoms with van der Waals surface area (Å²) in [6.45, 7) is 4.83. The monoisotopic (exact) mass is 612 g/mol. The largest absolute Gasteiger partial charge is 0.364 e. The number of rotatable bonds is 20. The lowest BCUT2D eigenvalue weighted by atomic mass is 10.0. The molecule has 0 saturated carbocycles. The van der Waals surface area contributed by atoms with Gasteiger partial charge in [-0.05, 0) is 65.1 Å². The minimum absolute atomic E-state index is 0.0462. The molecule has 16 heteroatoms. The molecule has 0 unspecified atom stereocenters. The molecule has 0 aromatic carbocycles. The fourth-order valence-electron chi connectivity index (χ4n) is 4.31. The Hall–Kier alpha value is -4.08. The van der Waals surface area contributed by atoms with E-state index in [4.69, 9.17) is 7.85 Å². The van der Waals surface area contributed by atoms with Crippen LogP contribution in [0.5, 0.6) is 0 Å². The maximum absolute atomic E-state index is 13.2. The molecule has 0 fully saturated rings. The Morgan fingerprint density at radius 1 is 1.00 bits per heavy atom. The van der Waals surface area contributed by atoms with Crippen molar-refractivity contribution in [3.05, 3.63) is 29.1 Å². The lowest BCUT2D eigenvalue weighted by molar-refractivity contribution is -0.133. The van der Waals surface area contributed by atoms with Crippen LogP contribution in [-0.4, -0.2) is 107 Å². The fourth-order valence-corrected chi connectivity index (χ4v) is 4.31. The van der Waals surface area contributed by atoms with Gasteiger partial charge in [0.15, 0.2) is 0 Å². The molecule has 0 saturated heterocycles. The van der Waals surface area contributed by atoms with Crippen LogP contribution in [0.25, 0.3) is 11.3 Å². The smallest absolute Gasteiger partial charge is 0.344 e. The van der Waals surface area contributed by atoms with Crippen LogP contribution >= 0.6 is 0 Å². The summed E-state index contributed by atoms with van der Waals surface area (Å²) in [5.74, 6) is -1.82. The van der Waals surface area contributed by atoms with Crippen LogP contribution < -0.4 is 27.0 Å². The highest BCUT2D eigenvalue weighted by Gasteiger charge is 2.28. The maximum Gasteiger partial charge on any atom is 0.344 e. The molecule has 4 amide bonds. The Bertz CT molecular complexity index is 1240. The summed E-state index contributed by atoms with van der Waals surface area (Å²) in [6.07, 6.45) is 8.96. The lowest BCUT2D eigenvalue weighted by Gasteiger charge is -2.25. The number of aromatic nitrogens is 5. The first-order chi connectivity index (χ1) is 21.0. The summed E-state index contributed by atoms with van der Waals surface area (Å²) in [7, 11) is 9.22. The number of nitrogens with one attached hydrogen (secondary N) is 5. The minimum atomic E-state index is -0.855. The van der Waals surface area contributed by atoms with E-state index >= 15 is 0 Å². The zero-order valence-electron chi connectivity index (χ0n) is 26.1. The van der Waals surface area contributed by atoms with Gasteiger partial charge in [0.25, 0.3) is 0 Å². The molecule has 0 aliphatic heterocycles. The van der Waals surface area contributed by atoms with Crippen molar-refractivity contribution in [2.45, 2.75) is 77.4 Å². The van der Waals surface area contributed by atoms with E-state index in [9.17, 15) is 24.0 Å². The summed E-state index contributed by atoms with van der Waals surface area (Å²) in [4.78, 5) is 69.9. The van der Waals surface area contributed by atoms with Crippen molar-refractivity contribution in [1.82, 2.24) is 51.1 Å². The van der Waals surface area contributed by atoms with Crippen LogP contribution in [0.2, 0.25) is 0 Å². The van der Waals surface area contributed by atoms with E-state index < -0.39 is 35.5 Å². The third kappa shape index (κ3) is 13.5. The second-order valence-corrected chi connectivity index (χ2v) is 11.2. The first-order valence-corrected chi connectivity index (χ1v) is 14.9. The van der Waals surface area contributed by atoms with Gasteiger partial charge in [-0.15, -0.1) is 5.10 Å². The third-order valence-electron chi connectivity index (χ3n) is 6.77. The SMILES string of the molecule is [B]CNC(=O)CNC(=O)[C@H](CCCCN(C)C)NC(=O)[C@@H](NC(=O)CCCCCn1cc(-c2cnc(=O)[nH]c2)nn1)C(C)C. The minimum Gasteiger partial charge on any atom is -0.364 e. The average Bonchev–Trinajstić information content (AvgIpc) is 3.45. The lowest BCUT2D eigenvalue weighted by Crippen LogP contribution is -2.56. The van der Waals surface area contributed by atoms with Crippen LogP contribution in [0.1, 0.15) is 58.8 Å². The van der Waals surface area contributed by atoms with Gasteiger partial charge < -0.3 is 31.2 Å². The predicted octanol–water partition coefficient (Wildman–Crippen LogP) is -0.695. The number of hydrogen-bond donors (Lipinski definition) is 5. The number of hydrogen-bond acceptors (Lipinski definition) is 9. The van der Waals surface area contributed by atoms with E-state index in [1.54, 1.807) is 10.9 Å². The summed E-state index contributed by atoms with van der Waals surface area (Å²) >= 11 is 0. The first-order valence-electron chi connectivity index (χ1n) is 14.9. The van der Waals surface area contributed by atoms with Crippen LogP contribution in [0.4, 0.5) is 0 Å². The second-order valence-electron chi connectivity index (χ2n) is 11.2. The number of carbonyl (C=O) groups is 4. The van der Waals surface area contributed by atoms with E-state index in [2.05, 4.69) is 41.5 Å². The molecule has 0 aliphatic rings. The van der Waals surface area contributed by atoms with E-state index in [1.807, 2.05) is 32.8 Å². The van der Waals surface area contributed by atoms with Crippen LogP contribution in [0.15, 0.2) is 23.4 Å². The summed E-state index contributed by atoms with van der Waals surface area (Å²) in [6, 6.07) is -1.68. The highest BCUT2D eigenvalue weighted by atomic mass is 16.2. The quantitative estimate of drug-likeness (QED) is 0.0949.